The maximum Gasteiger partial charge on any atom is 0.416 e. The van der Waals surface area contributed by atoms with Gasteiger partial charge in [0.25, 0.3) is 5.91 Å². The molecule has 0 bridgehead atoms. The number of nitrogens with zero attached hydrogens (tertiary/aromatic N) is 4. The van der Waals surface area contributed by atoms with Crippen LogP contribution < -0.4 is 0 Å². The minimum Gasteiger partial charge on any atom is -0.367 e. The Morgan fingerprint density at radius 1 is 0.736 bits per heavy atom. The molecule has 3 amide bonds. The Morgan fingerprint density at radius 2 is 1.36 bits per heavy atom. The molecule has 2 fully saturated rings. The molecular formula is C55H56Cl2F6N4O5. The summed E-state index contributed by atoms with van der Waals surface area (Å²) in [6, 6.07) is 32.0. The third-order valence-electron chi connectivity index (χ3n) is 14.6. The maximum absolute atomic E-state index is 13.9. The number of morpholine rings is 1. The average Bonchev–Trinajstić information content (AvgIpc) is 3.67. The first-order chi connectivity index (χ1) is 34.2. The number of fused-ring (bicyclic) bond motifs is 2. The van der Waals surface area contributed by atoms with E-state index in [1.54, 1.807) is 42.1 Å². The van der Waals surface area contributed by atoms with Crippen LogP contribution in [-0.2, 0) is 55.3 Å². The summed E-state index contributed by atoms with van der Waals surface area (Å²) in [5, 5.41) is 0.473. The van der Waals surface area contributed by atoms with Gasteiger partial charge in [0.05, 0.1) is 46.8 Å². The number of likely N-dealkylation sites (N-methyl/N-ethyl adjacent to an activating group) is 2. The summed E-state index contributed by atoms with van der Waals surface area (Å²) in [5.41, 5.74) is 0.525. The van der Waals surface area contributed by atoms with Gasteiger partial charge >= 0.3 is 12.4 Å². The molecule has 17 heteroatoms. The Balaban J connectivity index is 0.879. The van der Waals surface area contributed by atoms with Gasteiger partial charge in [0.1, 0.15) is 12.2 Å². The van der Waals surface area contributed by atoms with E-state index in [1.807, 2.05) is 66.7 Å². The standard InChI is InChI=1S/C55H56Cl2F6N4O5/c1-64(49(68)29-37-13-15-39(16-14-37)38-9-4-3-5-10-38)22-8-23-65(2)50(69)35-71-48-32-40-11-6-7-12-45(40)52(48)19-24-66(25-20-52)26-21-53(42-17-18-46(56)47(57)34-42)36-67(27-28-72-53)51(70)41-30-43(54(58,59)60)33-44(31-41)55(61,62)63/h3-7,9-18,30-31,33-34,48H,8,19-29,32,35-36H2,1-2H3/t48-,53-/m0/s1. The normalized spacial score (nSPS) is 19.0. The number of carbonyl (C=O) groups is 3. The van der Waals surface area contributed by atoms with Crippen molar-refractivity contribution in [2.45, 2.75) is 68.0 Å². The van der Waals surface area contributed by atoms with Gasteiger partial charge in [0, 0.05) is 51.3 Å². The average molecular weight is 1040 g/mol. The van der Waals surface area contributed by atoms with Crippen molar-refractivity contribution in [3.63, 3.8) is 0 Å². The molecular weight excluding hydrogens is 982 g/mol. The van der Waals surface area contributed by atoms with Crippen molar-refractivity contribution in [2.75, 3.05) is 73.1 Å². The Kier molecular flexibility index (Phi) is 16.1. The smallest absolute Gasteiger partial charge is 0.367 e. The van der Waals surface area contributed by atoms with E-state index in [1.165, 1.54) is 16.0 Å². The van der Waals surface area contributed by atoms with Crippen molar-refractivity contribution in [1.29, 1.82) is 0 Å². The SMILES string of the molecule is CN(CCCN(C)C(=O)Cc1ccc(-c2ccccc2)cc1)C(=O)CO[C@H]1Cc2ccccc2C12CCN(CC[C@@]1(c3ccc(Cl)c(Cl)c3)CN(C(=O)c3cc(C(F)(F)F)cc(C(F)(F)F)c3)CCO1)CC2. The van der Waals surface area contributed by atoms with Crippen LogP contribution in [0.2, 0.25) is 10.0 Å². The summed E-state index contributed by atoms with van der Waals surface area (Å²) < 4.78 is 95.9. The largest absolute Gasteiger partial charge is 0.416 e. The first kappa shape index (κ1) is 52.9. The minimum atomic E-state index is -5.12. The summed E-state index contributed by atoms with van der Waals surface area (Å²) >= 11 is 12.8. The number of halogens is 8. The summed E-state index contributed by atoms with van der Waals surface area (Å²) in [6.07, 6.45) is -7.29. The fraction of sp³-hybridized carbons (Fsp3) is 0.400. The molecule has 2 atom stereocenters. The van der Waals surface area contributed by atoms with Gasteiger partial charge in [-0.1, -0.05) is 108 Å². The van der Waals surface area contributed by atoms with Gasteiger partial charge in [-0.3, -0.25) is 14.4 Å². The highest BCUT2D eigenvalue weighted by Crippen LogP contribution is 2.48. The van der Waals surface area contributed by atoms with Crippen LogP contribution in [-0.4, -0.2) is 117 Å². The highest BCUT2D eigenvalue weighted by molar-refractivity contribution is 6.42. The molecule has 0 aromatic heterocycles. The number of ether oxygens (including phenoxy) is 2. The van der Waals surface area contributed by atoms with E-state index >= 15 is 0 Å². The first-order valence-corrected chi connectivity index (χ1v) is 24.7. The zero-order valence-corrected chi connectivity index (χ0v) is 41.5. The topological polar surface area (TPSA) is 82.6 Å². The Labute approximate surface area is 425 Å². The van der Waals surface area contributed by atoms with E-state index in [0.29, 0.717) is 82.5 Å². The molecule has 3 aliphatic rings. The number of hydrogen-bond acceptors (Lipinski definition) is 6. The summed E-state index contributed by atoms with van der Waals surface area (Å²) in [5.74, 6) is -1.16. The second-order valence-corrected chi connectivity index (χ2v) is 19.9. The number of rotatable bonds is 15. The predicted octanol–water partition coefficient (Wildman–Crippen LogP) is 11.0. The van der Waals surface area contributed by atoms with E-state index in [-0.39, 0.29) is 72.2 Å². The van der Waals surface area contributed by atoms with Crippen molar-refractivity contribution in [3.05, 3.63) is 164 Å². The van der Waals surface area contributed by atoms with Gasteiger partial charge in [-0.05, 0) is 109 Å². The van der Waals surface area contributed by atoms with Gasteiger partial charge < -0.3 is 29.1 Å². The third-order valence-corrected chi connectivity index (χ3v) is 15.3. The van der Waals surface area contributed by atoms with Gasteiger partial charge in [-0.15, -0.1) is 0 Å². The van der Waals surface area contributed by atoms with Crippen molar-refractivity contribution >= 4 is 40.9 Å². The molecule has 1 spiro atoms. The van der Waals surface area contributed by atoms with Crippen LogP contribution >= 0.6 is 23.2 Å². The molecule has 0 N–H and O–H groups in total. The molecule has 72 heavy (non-hydrogen) atoms. The molecule has 382 valence electrons. The monoisotopic (exact) mass is 1040 g/mol. The molecule has 0 radical (unpaired) electrons. The van der Waals surface area contributed by atoms with E-state index in [9.17, 15) is 40.7 Å². The third kappa shape index (κ3) is 12.0. The molecule has 5 aromatic carbocycles. The summed E-state index contributed by atoms with van der Waals surface area (Å²) in [7, 11) is 3.51. The predicted molar refractivity (Wildman–Crippen MR) is 264 cm³/mol. The maximum atomic E-state index is 13.9. The molecule has 5 aromatic rings. The highest BCUT2D eigenvalue weighted by Gasteiger charge is 2.50. The lowest BCUT2D eigenvalue weighted by Crippen LogP contribution is -2.54. The van der Waals surface area contributed by atoms with Gasteiger partial charge in [-0.25, -0.2) is 0 Å². The number of carbonyl (C=O) groups excluding carboxylic acids is 3. The molecule has 2 saturated heterocycles. The minimum absolute atomic E-state index is 0.00127. The number of benzene rings is 5. The quantitative estimate of drug-likeness (QED) is 0.0972. The van der Waals surface area contributed by atoms with Crippen LogP contribution in [0.4, 0.5) is 26.3 Å². The second-order valence-electron chi connectivity index (χ2n) is 19.1. The lowest BCUT2D eigenvalue weighted by atomic mass is 9.72. The Hall–Kier alpha value is -5.45. The van der Waals surface area contributed by atoms with E-state index in [4.69, 9.17) is 32.7 Å². The van der Waals surface area contributed by atoms with Crippen LogP contribution in [0.5, 0.6) is 0 Å². The van der Waals surface area contributed by atoms with Crippen molar-refractivity contribution in [1.82, 2.24) is 19.6 Å². The van der Waals surface area contributed by atoms with Gasteiger partial charge in [-0.2, -0.15) is 26.3 Å². The first-order valence-electron chi connectivity index (χ1n) is 24.0. The fourth-order valence-electron chi connectivity index (χ4n) is 10.4. The van der Waals surface area contributed by atoms with E-state index in [0.717, 1.165) is 16.7 Å². The second kappa shape index (κ2) is 21.9. The van der Waals surface area contributed by atoms with E-state index < -0.39 is 40.6 Å². The molecule has 2 aliphatic heterocycles. The molecule has 0 saturated carbocycles. The number of piperidine rings is 1. The summed E-state index contributed by atoms with van der Waals surface area (Å²) in [6.45, 7) is 2.26. The van der Waals surface area contributed by atoms with Gasteiger partial charge in [0.2, 0.25) is 11.8 Å². The Bertz CT molecular complexity index is 2700. The highest BCUT2D eigenvalue weighted by atomic mass is 35.5. The Morgan fingerprint density at radius 3 is 2.01 bits per heavy atom. The molecule has 0 unspecified atom stereocenters. The molecule has 8 rings (SSSR count). The number of amides is 3. The van der Waals surface area contributed by atoms with Gasteiger partial charge in [0.15, 0.2) is 0 Å². The number of hydrogen-bond donors (Lipinski definition) is 0. The zero-order chi connectivity index (χ0) is 51.4. The van der Waals surface area contributed by atoms with Crippen LogP contribution in [0.25, 0.3) is 11.1 Å². The number of likely N-dealkylation sites (tertiary alicyclic amines) is 1. The molecule has 2 heterocycles. The lowest BCUT2D eigenvalue weighted by molar-refractivity contribution is -0.143. The van der Waals surface area contributed by atoms with Crippen molar-refractivity contribution in [3.8, 4) is 11.1 Å². The van der Waals surface area contributed by atoms with Crippen molar-refractivity contribution in [2.24, 2.45) is 0 Å². The summed E-state index contributed by atoms with van der Waals surface area (Å²) in [4.78, 5) is 47.4. The van der Waals surface area contributed by atoms with E-state index in [2.05, 4.69) is 17.0 Å². The van der Waals surface area contributed by atoms with Crippen molar-refractivity contribution < 1.29 is 50.2 Å². The molecule has 9 nitrogen and oxygen atoms in total. The van der Waals surface area contributed by atoms with Crippen LogP contribution in [0.15, 0.2) is 115 Å². The lowest BCUT2D eigenvalue weighted by Gasteiger charge is -2.46. The van der Waals surface area contributed by atoms with Crippen LogP contribution in [0.3, 0.4) is 0 Å². The zero-order valence-electron chi connectivity index (χ0n) is 40.0. The molecule has 1 aliphatic carbocycles. The fourth-order valence-corrected chi connectivity index (χ4v) is 10.7. The number of alkyl halides is 6. The van der Waals surface area contributed by atoms with Crippen LogP contribution in [0, 0.1) is 0 Å². The van der Waals surface area contributed by atoms with Crippen LogP contribution in [0.1, 0.15) is 69.4 Å².